The molecular formula is C19H16N6O2. The van der Waals surface area contributed by atoms with E-state index in [2.05, 4.69) is 25.6 Å². The number of methoxy groups -OCH3 is 1. The average Bonchev–Trinajstić information content (AvgIpc) is 3.36. The summed E-state index contributed by atoms with van der Waals surface area (Å²) < 4.78 is 6.90. The van der Waals surface area contributed by atoms with Gasteiger partial charge in [0.2, 0.25) is 0 Å². The molecule has 1 aliphatic rings. The van der Waals surface area contributed by atoms with Crippen molar-refractivity contribution < 1.29 is 9.53 Å². The Labute approximate surface area is 155 Å². The second kappa shape index (κ2) is 7.20. The number of carbonyl (C=O) groups excluding carboxylic acids is 1. The van der Waals surface area contributed by atoms with Crippen LogP contribution in [0.4, 0.5) is 0 Å². The number of amides is 1. The molecule has 27 heavy (non-hydrogen) atoms. The lowest BCUT2D eigenvalue weighted by Crippen LogP contribution is -2.31. The number of nitrogens with one attached hydrogen (secondary N) is 1. The topological polar surface area (TPSA) is 93.8 Å². The molecule has 0 aliphatic carbocycles. The van der Waals surface area contributed by atoms with Crippen LogP contribution < -0.4 is 10.1 Å². The van der Waals surface area contributed by atoms with Crippen LogP contribution in [0.2, 0.25) is 0 Å². The summed E-state index contributed by atoms with van der Waals surface area (Å²) in [5, 5.41) is 15.2. The number of rotatable bonds is 4. The first-order chi connectivity index (χ1) is 13.2. The van der Waals surface area contributed by atoms with Gasteiger partial charge < -0.3 is 10.1 Å². The standard InChI is InChI=1S/C19H16N6O2/c1-27-16-12-25(13-7-3-2-4-8-13)24-18(16)19(26)21-17-11-15(22-23-17)14-9-5-6-10-20-14/h2-10,12H,11H2,1H3,(H,21,23,26). The molecule has 0 saturated heterocycles. The van der Waals surface area contributed by atoms with Crippen LogP contribution in [-0.2, 0) is 0 Å². The van der Waals surface area contributed by atoms with Crippen molar-refractivity contribution in [3.05, 3.63) is 72.3 Å². The van der Waals surface area contributed by atoms with E-state index in [4.69, 9.17) is 4.74 Å². The van der Waals surface area contributed by atoms with E-state index < -0.39 is 5.91 Å². The maximum absolute atomic E-state index is 12.7. The Morgan fingerprint density at radius 3 is 2.67 bits per heavy atom. The molecule has 1 N–H and O–H groups in total. The summed E-state index contributed by atoms with van der Waals surface area (Å²) in [7, 11) is 1.50. The summed E-state index contributed by atoms with van der Waals surface area (Å²) in [5.74, 6) is 0.413. The molecular weight excluding hydrogens is 344 g/mol. The minimum atomic E-state index is -0.405. The zero-order valence-corrected chi connectivity index (χ0v) is 14.5. The van der Waals surface area contributed by atoms with Crippen molar-refractivity contribution in [2.45, 2.75) is 6.42 Å². The molecule has 0 fully saturated rings. The van der Waals surface area contributed by atoms with Gasteiger partial charge in [-0.2, -0.15) is 10.2 Å². The van der Waals surface area contributed by atoms with E-state index in [-0.39, 0.29) is 5.69 Å². The quantitative estimate of drug-likeness (QED) is 0.772. The summed E-state index contributed by atoms with van der Waals surface area (Å²) in [6.07, 6.45) is 3.75. The molecule has 1 amide bonds. The number of nitrogens with zero attached hydrogens (tertiary/aromatic N) is 5. The van der Waals surface area contributed by atoms with Crippen molar-refractivity contribution in [3.8, 4) is 11.4 Å². The van der Waals surface area contributed by atoms with Crippen molar-refractivity contribution in [3.63, 3.8) is 0 Å². The van der Waals surface area contributed by atoms with Crippen LogP contribution in [0.15, 0.2) is 71.1 Å². The Morgan fingerprint density at radius 2 is 1.93 bits per heavy atom. The Balaban J connectivity index is 1.49. The van der Waals surface area contributed by atoms with Gasteiger partial charge in [0, 0.05) is 6.20 Å². The number of carbonyl (C=O) groups is 1. The molecule has 0 unspecified atom stereocenters. The first-order valence-electron chi connectivity index (χ1n) is 8.30. The molecule has 3 heterocycles. The summed E-state index contributed by atoms with van der Waals surface area (Å²) in [5.41, 5.74) is 2.44. The second-order valence-electron chi connectivity index (χ2n) is 5.77. The van der Waals surface area contributed by atoms with Gasteiger partial charge in [0.1, 0.15) is 5.84 Å². The van der Waals surface area contributed by atoms with Gasteiger partial charge in [-0.1, -0.05) is 24.3 Å². The maximum atomic E-state index is 12.7. The zero-order chi connectivity index (χ0) is 18.6. The fourth-order valence-corrected chi connectivity index (χ4v) is 2.66. The van der Waals surface area contributed by atoms with Crippen LogP contribution in [0.1, 0.15) is 22.6 Å². The molecule has 1 aliphatic heterocycles. The Hall–Kier alpha value is -3.81. The lowest BCUT2D eigenvalue weighted by molar-refractivity contribution is 0.0968. The third-order valence-electron chi connectivity index (χ3n) is 3.98. The molecule has 0 radical (unpaired) electrons. The number of benzene rings is 1. The molecule has 8 nitrogen and oxygen atoms in total. The largest absolute Gasteiger partial charge is 0.493 e. The van der Waals surface area contributed by atoms with Crippen molar-refractivity contribution in [1.29, 1.82) is 0 Å². The van der Waals surface area contributed by atoms with E-state index in [1.807, 2.05) is 48.5 Å². The number of pyridine rings is 1. The van der Waals surface area contributed by atoms with Gasteiger partial charge in [0.15, 0.2) is 11.4 Å². The Kier molecular flexibility index (Phi) is 4.44. The highest BCUT2D eigenvalue weighted by Gasteiger charge is 2.22. The number of para-hydroxylation sites is 1. The van der Waals surface area contributed by atoms with Gasteiger partial charge in [0.25, 0.3) is 5.91 Å². The van der Waals surface area contributed by atoms with Gasteiger partial charge in [0.05, 0.1) is 36.8 Å². The van der Waals surface area contributed by atoms with Crippen molar-refractivity contribution in [2.75, 3.05) is 7.11 Å². The summed E-state index contributed by atoms with van der Waals surface area (Å²) in [6.45, 7) is 0. The van der Waals surface area contributed by atoms with Crippen LogP contribution in [0.3, 0.4) is 0 Å². The lowest BCUT2D eigenvalue weighted by atomic mass is 10.2. The van der Waals surface area contributed by atoms with Crippen LogP contribution in [0.5, 0.6) is 5.75 Å². The maximum Gasteiger partial charge on any atom is 0.281 e. The van der Waals surface area contributed by atoms with E-state index >= 15 is 0 Å². The number of amidine groups is 1. The zero-order valence-electron chi connectivity index (χ0n) is 14.5. The van der Waals surface area contributed by atoms with Gasteiger partial charge in [-0.15, -0.1) is 5.10 Å². The second-order valence-corrected chi connectivity index (χ2v) is 5.77. The average molecular weight is 360 g/mol. The monoisotopic (exact) mass is 360 g/mol. The van der Waals surface area contributed by atoms with Crippen LogP contribution in [-0.4, -0.2) is 39.3 Å². The lowest BCUT2D eigenvalue weighted by Gasteiger charge is -2.04. The number of hydrogen-bond acceptors (Lipinski definition) is 6. The van der Waals surface area contributed by atoms with E-state index in [9.17, 15) is 4.79 Å². The minimum absolute atomic E-state index is 0.176. The SMILES string of the molecule is COc1cn(-c2ccccc2)nc1C(=O)NC1=NN=C(c2ccccn2)C1. The van der Waals surface area contributed by atoms with Crippen LogP contribution in [0.25, 0.3) is 5.69 Å². The summed E-state index contributed by atoms with van der Waals surface area (Å²) in [4.78, 5) is 16.9. The number of hydrogen-bond donors (Lipinski definition) is 1. The number of aromatic nitrogens is 3. The molecule has 0 spiro atoms. The molecule has 134 valence electrons. The van der Waals surface area contributed by atoms with Gasteiger partial charge >= 0.3 is 0 Å². The molecule has 0 saturated carbocycles. The van der Waals surface area contributed by atoms with Crippen LogP contribution in [0, 0.1) is 0 Å². The summed E-state index contributed by atoms with van der Waals surface area (Å²) >= 11 is 0. The predicted octanol–water partition coefficient (Wildman–Crippen LogP) is 2.21. The fraction of sp³-hybridized carbons (Fsp3) is 0.105. The van der Waals surface area contributed by atoms with Crippen molar-refractivity contribution in [1.82, 2.24) is 20.1 Å². The van der Waals surface area contributed by atoms with E-state index in [1.165, 1.54) is 7.11 Å². The molecule has 1 aromatic carbocycles. The van der Waals surface area contributed by atoms with Crippen molar-refractivity contribution >= 4 is 17.5 Å². The normalized spacial score (nSPS) is 13.1. The first kappa shape index (κ1) is 16.6. The molecule has 0 atom stereocenters. The van der Waals surface area contributed by atoms with Gasteiger partial charge in [-0.3, -0.25) is 9.78 Å². The van der Waals surface area contributed by atoms with Gasteiger partial charge in [-0.25, -0.2) is 4.68 Å². The van der Waals surface area contributed by atoms with E-state index in [1.54, 1.807) is 17.1 Å². The fourth-order valence-electron chi connectivity index (χ4n) is 2.66. The smallest absolute Gasteiger partial charge is 0.281 e. The highest BCUT2D eigenvalue weighted by Crippen LogP contribution is 2.19. The third kappa shape index (κ3) is 3.45. The third-order valence-corrected chi connectivity index (χ3v) is 3.98. The molecule has 8 heteroatoms. The van der Waals surface area contributed by atoms with Crippen molar-refractivity contribution in [2.24, 2.45) is 10.2 Å². The highest BCUT2D eigenvalue weighted by molar-refractivity contribution is 6.18. The van der Waals surface area contributed by atoms with Gasteiger partial charge in [-0.05, 0) is 24.3 Å². The molecule has 3 aromatic rings. The molecule has 2 aromatic heterocycles. The Morgan fingerprint density at radius 1 is 1.11 bits per heavy atom. The number of ether oxygens (including phenoxy) is 1. The Bertz CT molecular complexity index is 1020. The van der Waals surface area contributed by atoms with E-state index in [0.717, 1.165) is 11.4 Å². The highest BCUT2D eigenvalue weighted by atomic mass is 16.5. The molecule has 0 bridgehead atoms. The summed E-state index contributed by atoms with van der Waals surface area (Å²) in [6, 6.07) is 15.0. The first-order valence-corrected chi connectivity index (χ1v) is 8.30. The minimum Gasteiger partial charge on any atom is -0.493 e. The predicted molar refractivity (Wildman–Crippen MR) is 100 cm³/mol. The van der Waals surface area contributed by atoms with E-state index in [0.29, 0.717) is 23.7 Å². The molecule has 4 rings (SSSR count). The van der Waals surface area contributed by atoms with Crippen LogP contribution >= 0.6 is 0 Å².